The molecule has 15 heavy (non-hydrogen) atoms. The molecule has 0 aliphatic rings. The second-order valence-corrected chi connectivity index (χ2v) is 4.79. The molecule has 0 atom stereocenters. The van der Waals surface area contributed by atoms with E-state index in [4.69, 9.17) is 0 Å². The Balaban J connectivity index is 2.25. The largest absolute Gasteiger partial charge is 0.256 e. The van der Waals surface area contributed by atoms with E-state index < -0.39 is 0 Å². The van der Waals surface area contributed by atoms with Gasteiger partial charge in [0.1, 0.15) is 12.1 Å². The van der Waals surface area contributed by atoms with Gasteiger partial charge in [0, 0.05) is 21.3 Å². The van der Waals surface area contributed by atoms with Gasteiger partial charge in [0.15, 0.2) is 5.82 Å². The maximum atomic E-state index is 12.7. The molecule has 0 fully saturated rings. The van der Waals surface area contributed by atoms with Crippen molar-refractivity contribution in [3.63, 3.8) is 0 Å². The highest BCUT2D eigenvalue weighted by atomic mass is 28.2. The predicted octanol–water partition coefficient (Wildman–Crippen LogP) is 1.26. The summed E-state index contributed by atoms with van der Waals surface area (Å²) in [5.74, 6) is 0.427. The van der Waals surface area contributed by atoms with E-state index in [1.807, 2.05) is 4.68 Å². The lowest BCUT2D eigenvalue weighted by molar-refractivity contribution is 0.628. The van der Waals surface area contributed by atoms with Crippen molar-refractivity contribution in [2.45, 2.75) is 12.7 Å². The van der Waals surface area contributed by atoms with Crippen LogP contribution in [0.15, 0.2) is 30.6 Å². The van der Waals surface area contributed by atoms with Crippen LogP contribution in [0, 0.1) is 5.82 Å². The van der Waals surface area contributed by atoms with Crippen LogP contribution in [-0.4, -0.2) is 24.3 Å². The van der Waals surface area contributed by atoms with Gasteiger partial charge in [-0.3, -0.25) is 4.68 Å². The third-order valence-corrected chi connectivity index (χ3v) is 3.00. The molecule has 0 spiro atoms. The predicted molar refractivity (Wildman–Crippen MR) is 59.8 cm³/mol. The molecule has 0 bridgehead atoms. The Bertz CT molecular complexity index is 438. The Morgan fingerprint density at radius 1 is 1.33 bits per heavy atom. The molecule has 0 saturated heterocycles. The molecular formula is C10H12FN3Si. The van der Waals surface area contributed by atoms with Crippen molar-refractivity contribution in [1.82, 2.24) is 14.8 Å². The molecule has 1 aromatic carbocycles. The van der Waals surface area contributed by atoms with Gasteiger partial charge < -0.3 is 0 Å². The second-order valence-electron chi connectivity index (χ2n) is 3.34. The van der Waals surface area contributed by atoms with E-state index in [1.54, 1.807) is 18.5 Å². The van der Waals surface area contributed by atoms with Crippen molar-refractivity contribution in [3.8, 4) is 11.4 Å². The van der Waals surface area contributed by atoms with Crippen molar-refractivity contribution in [2.75, 3.05) is 0 Å². The van der Waals surface area contributed by atoms with Gasteiger partial charge in [0.05, 0.1) is 0 Å². The smallest absolute Gasteiger partial charge is 0.181 e. The Morgan fingerprint density at radius 2 is 2.07 bits per heavy atom. The van der Waals surface area contributed by atoms with E-state index in [0.29, 0.717) is 5.82 Å². The van der Waals surface area contributed by atoms with E-state index >= 15 is 0 Å². The van der Waals surface area contributed by atoms with Gasteiger partial charge in [-0.15, -0.1) is 0 Å². The average molecular weight is 221 g/mol. The number of hydrogen-bond donors (Lipinski definition) is 0. The summed E-state index contributed by atoms with van der Waals surface area (Å²) < 4.78 is 14.5. The molecule has 0 unspecified atom stereocenters. The van der Waals surface area contributed by atoms with Crippen molar-refractivity contribution in [3.05, 3.63) is 36.4 Å². The third kappa shape index (κ3) is 2.30. The Kier molecular flexibility index (Phi) is 2.91. The van der Waals surface area contributed by atoms with Crippen molar-refractivity contribution in [1.29, 1.82) is 0 Å². The molecule has 78 valence electrons. The number of aromatic nitrogens is 3. The first-order valence-electron chi connectivity index (χ1n) is 4.95. The van der Waals surface area contributed by atoms with Gasteiger partial charge in [-0.1, -0.05) is 6.55 Å². The second kappa shape index (κ2) is 4.35. The summed E-state index contributed by atoms with van der Waals surface area (Å²) in [7, 11) is -0.0568. The zero-order valence-electron chi connectivity index (χ0n) is 8.52. The van der Waals surface area contributed by atoms with Crippen LogP contribution < -0.4 is 0 Å². The van der Waals surface area contributed by atoms with E-state index in [9.17, 15) is 4.39 Å². The highest BCUT2D eigenvalue weighted by molar-refractivity contribution is 6.31. The average Bonchev–Trinajstić information content (AvgIpc) is 2.68. The fourth-order valence-electron chi connectivity index (χ4n) is 1.36. The lowest BCUT2D eigenvalue weighted by Crippen LogP contribution is -2.02. The number of halogens is 1. The standard InChI is InChI=1S/C10H12FN3Si/c1-15-7-14-6-12-10(13-14)8-2-4-9(11)5-3-8/h2-6H,7,15H2,1H3. The van der Waals surface area contributed by atoms with Crippen LogP contribution in [-0.2, 0) is 6.17 Å². The summed E-state index contributed by atoms with van der Waals surface area (Å²) in [6.45, 7) is 2.22. The van der Waals surface area contributed by atoms with Gasteiger partial charge >= 0.3 is 0 Å². The van der Waals surface area contributed by atoms with Crippen LogP contribution >= 0.6 is 0 Å². The third-order valence-electron chi connectivity index (χ3n) is 2.09. The maximum absolute atomic E-state index is 12.7. The monoisotopic (exact) mass is 221 g/mol. The molecule has 0 N–H and O–H groups in total. The minimum absolute atomic E-state index is 0.0568. The quantitative estimate of drug-likeness (QED) is 0.731. The number of nitrogens with zero attached hydrogens (tertiary/aromatic N) is 3. The first kappa shape index (κ1) is 10.0. The Morgan fingerprint density at radius 3 is 2.73 bits per heavy atom. The Hall–Kier alpha value is -1.49. The van der Waals surface area contributed by atoms with Crippen LogP contribution in [0.25, 0.3) is 11.4 Å². The molecule has 3 nitrogen and oxygen atoms in total. The van der Waals surface area contributed by atoms with Crippen molar-refractivity contribution >= 4 is 9.52 Å². The number of rotatable bonds is 3. The van der Waals surface area contributed by atoms with Crippen LogP contribution in [0.4, 0.5) is 4.39 Å². The lowest BCUT2D eigenvalue weighted by atomic mass is 10.2. The summed E-state index contributed by atoms with van der Waals surface area (Å²) in [6, 6.07) is 6.23. The Labute approximate surface area is 89.8 Å². The molecule has 2 aromatic rings. The summed E-state index contributed by atoms with van der Waals surface area (Å²) in [5.41, 5.74) is 0.855. The van der Waals surface area contributed by atoms with E-state index in [2.05, 4.69) is 16.6 Å². The zero-order chi connectivity index (χ0) is 10.7. The normalized spacial score (nSPS) is 11.3. The van der Waals surface area contributed by atoms with E-state index in [-0.39, 0.29) is 15.3 Å². The first-order valence-corrected chi connectivity index (χ1v) is 7.36. The molecule has 0 radical (unpaired) electrons. The first-order chi connectivity index (χ1) is 7.29. The zero-order valence-corrected chi connectivity index (χ0v) is 9.93. The fourth-order valence-corrected chi connectivity index (χ4v) is 2.04. The van der Waals surface area contributed by atoms with Crippen LogP contribution in [0.2, 0.25) is 6.55 Å². The lowest BCUT2D eigenvalue weighted by Gasteiger charge is -1.95. The van der Waals surface area contributed by atoms with Crippen molar-refractivity contribution in [2.24, 2.45) is 0 Å². The van der Waals surface area contributed by atoms with Gasteiger partial charge in [-0.25, -0.2) is 9.37 Å². The number of benzene rings is 1. The molecule has 2 rings (SSSR count). The minimum Gasteiger partial charge on any atom is -0.256 e. The highest BCUT2D eigenvalue weighted by Gasteiger charge is 2.03. The topological polar surface area (TPSA) is 30.7 Å². The fraction of sp³-hybridized carbons (Fsp3) is 0.200. The van der Waals surface area contributed by atoms with Gasteiger partial charge in [-0.2, -0.15) is 5.10 Å². The van der Waals surface area contributed by atoms with Crippen molar-refractivity contribution < 1.29 is 4.39 Å². The van der Waals surface area contributed by atoms with Crippen LogP contribution in [0.3, 0.4) is 0 Å². The van der Waals surface area contributed by atoms with Gasteiger partial charge in [-0.05, 0) is 24.3 Å². The SMILES string of the molecule is C[SiH2]Cn1cnc(-c2ccc(F)cc2)n1. The molecule has 1 aromatic heterocycles. The van der Waals surface area contributed by atoms with Crippen LogP contribution in [0.1, 0.15) is 0 Å². The summed E-state index contributed by atoms with van der Waals surface area (Å²) in [5, 5.41) is 4.32. The molecule has 1 heterocycles. The van der Waals surface area contributed by atoms with E-state index in [1.165, 1.54) is 12.1 Å². The number of hydrogen-bond acceptors (Lipinski definition) is 2. The molecule has 5 heteroatoms. The minimum atomic E-state index is -0.237. The maximum Gasteiger partial charge on any atom is 0.181 e. The summed E-state index contributed by atoms with van der Waals surface area (Å²) in [4.78, 5) is 4.19. The highest BCUT2D eigenvalue weighted by Crippen LogP contribution is 2.14. The summed E-state index contributed by atoms with van der Waals surface area (Å²) >= 11 is 0. The van der Waals surface area contributed by atoms with Crippen LogP contribution in [0.5, 0.6) is 0 Å². The molecule has 0 aliphatic heterocycles. The molecule has 0 aliphatic carbocycles. The molecular weight excluding hydrogens is 209 g/mol. The van der Waals surface area contributed by atoms with Gasteiger partial charge in [0.2, 0.25) is 0 Å². The van der Waals surface area contributed by atoms with Gasteiger partial charge in [0.25, 0.3) is 0 Å². The molecule has 0 saturated carbocycles. The molecule has 0 amide bonds. The summed E-state index contributed by atoms with van der Waals surface area (Å²) in [6.07, 6.45) is 2.73. The van der Waals surface area contributed by atoms with E-state index in [0.717, 1.165) is 11.7 Å².